The first-order valence-electron chi connectivity index (χ1n) is 8.59. The molecule has 1 fully saturated rings. The van der Waals surface area contributed by atoms with E-state index in [1.165, 1.54) is 6.07 Å². The fourth-order valence-electron chi connectivity index (χ4n) is 2.85. The number of carbonyl (C=O) groups excluding carboxylic acids is 2. The lowest BCUT2D eigenvalue weighted by Crippen LogP contribution is -2.51. The number of hydrogen-bond donors (Lipinski definition) is 1. The lowest BCUT2D eigenvalue weighted by molar-refractivity contribution is -0.134. The molecule has 1 heterocycles. The number of nitrogens with zero attached hydrogens (tertiary/aromatic N) is 2. The maximum Gasteiger partial charge on any atom is 0.260 e. The zero-order valence-electron chi connectivity index (χ0n) is 14.7. The first kappa shape index (κ1) is 17.8. The Bertz CT molecular complexity index is 781. The van der Waals surface area contributed by atoms with Crippen molar-refractivity contribution in [2.45, 2.75) is 6.92 Å². The van der Waals surface area contributed by atoms with Crippen LogP contribution in [0, 0.1) is 6.92 Å². The molecule has 0 spiro atoms. The Morgan fingerprint density at radius 1 is 0.962 bits per heavy atom. The van der Waals surface area contributed by atoms with E-state index in [0.29, 0.717) is 31.7 Å². The molecule has 1 aliphatic heterocycles. The molecule has 6 heteroatoms. The van der Waals surface area contributed by atoms with Crippen molar-refractivity contribution in [3.8, 4) is 11.5 Å². The molecule has 136 valence electrons. The van der Waals surface area contributed by atoms with Crippen molar-refractivity contribution in [2.24, 2.45) is 0 Å². The number of ether oxygens (including phenoxy) is 1. The molecular weight excluding hydrogens is 332 g/mol. The van der Waals surface area contributed by atoms with Gasteiger partial charge < -0.3 is 19.6 Å². The van der Waals surface area contributed by atoms with Crippen molar-refractivity contribution >= 4 is 11.8 Å². The molecule has 0 atom stereocenters. The number of amides is 2. The minimum atomic E-state index is -0.157. The largest absolute Gasteiger partial charge is 0.504 e. The van der Waals surface area contributed by atoms with Gasteiger partial charge in [0.05, 0.1) is 0 Å². The van der Waals surface area contributed by atoms with E-state index in [2.05, 4.69) is 0 Å². The van der Waals surface area contributed by atoms with Crippen LogP contribution in [0.2, 0.25) is 0 Å². The van der Waals surface area contributed by atoms with Crippen LogP contribution in [0.3, 0.4) is 0 Å². The Morgan fingerprint density at radius 2 is 1.58 bits per heavy atom. The van der Waals surface area contributed by atoms with Gasteiger partial charge in [0.1, 0.15) is 0 Å². The van der Waals surface area contributed by atoms with Gasteiger partial charge in [-0.3, -0.25) is 9.59 Å². The lowest BCUT2D eigenvalue weighted by atomic mass is 10.1. The third kappa shape index (κ3) is 4.14. The minimum absolute atomic E-state index is 0.00816. The molecule has 1 aliphatic rings. The van der Waals surface area contributed by atoms with E-state index in [0.717, 1.165) is 5.56 Å². The molecule has 3 rings (SSSR count). The molecule has 0 unspecified atom stereocenters. The van der Waals surface area contributed by atoms with Crippen LogP contribution in [0.1, 0.15) is 15.9 Å². The second-order valence-electron chi connectivity index (χ2n) is 6.30. The van der Waals surface area contributed by atoms with E-state index in [4.69, 9.17) is 4.74 Å². The summed E-state index contributed by atoms with van der Waals surface area (Å²) < 4.78 is 5.38. The van der Waals surface area contributed by atoms with Crippen LogP contribution in [-0.4, -0.2) is 59.5 Å². The normalized spacial score (nSPS) is 14.2. The SMILES string of the molecule is Cc1ccc(C(=O)N2CCN(C(=O)COc3ccccc3O)CC2)cc1. The van der Waals surface area contributed by atoms with Crippen molar-refractivity contribution in [3.05, 3.63) is 59.7 Å². The van der Waals surface area contributed by atoms with E-state index in [1.54, 1.807) is 28.0 Å². The Morgan fingerprint density at radius 3 is 2.23 bits per heavy atom. The van der Waals surface area contributed by atoms with Crippen LogP contribution in [0.4, 0.5) is 0 Å². The van der Waals surface area contributed by atoms with Crippen LogP contribution in [0.5, 0.6) is 11.5 Å². The molecule has 2 aromatic rings. The Hall–Kier alpha value is -3.02. The summed E-state index contributed by atoms with van der Waals surface area (Å²) >= 11 is 0. The zero-order valence-corrected chi connectivity index (χ0v) is 14.7. The number of rotatable bonds is 4. The monoisotopic (exact) mass is 354 g/mol. The van der Waals surface area contributed by atoms with Crippen molar-refractivity contribution in [3.63, 3.8) is 0 Å². The van der Waals surface area contributed by atoms with Gasteiger partial charge in [-0.1, -0.05) is 29.8 Å². The van der Waals surface area contributed by atoms with Gasteiger partial charge in [0, 0.05) is 31.7 Å². The molecule has 0 aliphatic carbocycles. The van der Waals surface area contributed by atoms with E-state index in [1.807, 2.05) is 31.2 Å². The van der Waals surface area contributed by atoms with Gasteiger partial charge >= 0.3 is 0 Å². The summed E-state index contributed by atoms with van der Waals surface area (Å²) in [4.78, 5) is 28.2. The summed E-state index contributed by atoms with van der Waals surface area (Å²) in [7, 11) is 0. The highest BCUT2D eigenvalue weighted by atomic mass is 16.5. The van der Waals surface area contributed by atoms with E-state index in [9.17, 15) is 14.7 Å². The standard InChI is InChI=1S/C20H22N2O4/c1-15-6-8-16(9-7-15)20(25)22-12-10-21(11-13-22)19(24)14-26-18-5-3-2-4-17(18)23/h2-9,23H,10-14H2,1H3. The molecule has 1 N–H and O–H groups in total. The van der Waals surface area contributed by atoms with E-state index < -0.39 is 0 Å². The first-order chi connectivity index (χ1) is 12.5. The van der Waals surface area contributed by atoms with Gasteiger partial charge in [-0.2, -0.15) is 0 Å². The predicted octanol–water partition coefficient (Wildman–Crippen LogP) is 2.06. The van der Waals surface area contributed by atoms with Crippen LogP contribution >= 0.6 is 0 Å². The summed E-state index contributed by atoms with van der Waals surface area (Å²) in [6, 6.07) is 14.0. The highest BCUT2D eigenvalue weighted by Gasteiger charge is 2.25. The van der Waals surface area contributed by atoms with E-state index >= 15 is 0 Å². The zero-order chi connectivity index (χ0) is 18.5. The topological polar surface area (TPSA) is 70.1 Å². The highest BCUT2D eigenvalue weighted by molar-refractivity contribution is 5.94. The quantitative estimate of drug-likeness (QED) is 0.912. The molecule has 2 amide bonds. The molecule has 0 radical (unpaired) electrons. The van der Waals surface area contributed by atoms with Crippen LogP contribution in [0.25, 0.3) is 0 Å². The predicted molar refractivity (Wildman–Crippen MR) is 97.3 cm³/mol. The van der Waals surface area contributed by atoms with Crippen molar-refractivity contribution in [1.29, 1.82) is 0 Å². The fraction of sp³-hybridized carbons (Fsp3) is 0.300. The molecular formula is C20H22N2O4. The molecule has 0 aromatic heterocycles. The number of carbonyl (C=O) groups is 2. The number of para-hydroxylation sites is 2. The molecule has 26 heavy (non-hydrogen) atoms. The van der Waals surface area contributed by atoms with Crippen molar-refractivity contribution in [2.75, 3.05) is 32.8 Å². The number of piperazine rings is 1. The molecule has 0 saturated carbocycles. The molecule has 0 bridgehead atoms. The number of phenolic OH excluding ortho intramolecular Hbond substituents is 1. The van der Waals surface area contributed by atoms with Gasteiger partial charge in [0.15, 0.2) is 18.1 Å². The molecule has 1 saturated heterocycles. The van der Waals surface area contributed by atoms with Gasteiger partial charge in [0.25, 0.3) is 11.8 Å². The number of aryl methyl sites for hydroxylation is 1. The van der Waals surface area contributed by atoms with Gasteiger partial charge in [0.2, 0.25) is 0 Å². The third-order valence-corrected chi connectivity index (χ3v) is 4.43. The smallest absolute Gasteiger partial charge is 0.260 e. The summed E-state index contributed by atoms with van der Waals surface area (Å²) in [5.41, 5.74) is 1.78. The van der Waals surface area contributed by atoms with Gasteiger partial charge in [-0.25, -0.2) is 0 Å². The number of aromatic hydroxyl groups is 1. The van der Waals surface area contributed by atoms with Gasteiger partial charge in [-0.05, 0) is 31.2 Å². The maximum atomic E-state index is 12.5. The first-order valence-corrected chi connectivity index (χ1v) is 8.59. The summed E-state index contributed by atoms with van der Waals surface area (Å²) in [6.45, 7) is 3.78. The second-order valence-corrected chi connectivity index (χ2v) is 6.30. The maximum absolute atomic E-state index is 12.5. The second kappa shape index (κ2) is 7.91. The highest BCUT2D eigenvalue weighted by Crippen LogP contribution is 2.24. The summed E-state index contributed by atoms with van der Waals surface area (Å²) in [5.74, 6) is 0.126. The number of hydrogen-bond acceptors (Lipinski definition) is 4. The minimum Gasteiger partial charge on any atom is -0.504 e. The van der Waals surface area contributed by atoms with Crippen molar-refractivity contribution in [1.82, 2.24) is 9.80 Å². The average molecular weight is 354 g/mol. The van der Waals surface area contributed by atoms with Crippen molar-refractivity contribution < 1.29 is 19.4 Å². The number of phenols is 1. The third-order valence-electron chi connectivity index (χ3n) is 4.43. The van der Waals surface area contributed by atoms with Crippen LogP contribution < -0.4 is 4.74 Å². The average Bonchev–Trinajstić information content (AvgIpc) is 2.67. The van der Waals surface area contributed by atoms with Crippen LogP contribution in [-0.2, 0) is 4.79 Å². The molecule has 2 aromatic carbocycles. The summed E-state index contributed by atoms with van der Waals surface area (Å²) in [5, 5.41) is 9.66. The summed E-state index contributed by atoms with van der Waals surface area (Å²) in [6.07, 6.45) is 0. The van der Waals surface area contributed by atoms with Gasteiger partial charge in [-0.15, -0.1) is 0 Å². The van der Waals surface area contributed by atoms with E-state index in [-0.39, 0.29) is 29.9 Å². The Balaban J connectivity index is 1.50. The lowest BCUT2D eigenvalue weighted by Gasteiger charge is -2.34. The number of benzene rings is 2. The molecule has 6 nitrogen and oxygen atoms in total. The Labute approximate surface area is 152 Å². The Kier molecular flexibility index (Phi) is 5.41. The van der Waals surface area contributed by atoms with Crippen LogP contribution in [0.15, 0.2) is 48.5 Å². The fourth-order valence-corrected chi connectivity index (χ4v) is 2.85.